The first-order valence-electron chi connectivity index (χ1n) is 9.16. The number of nitrogens with one attached hydrogen (secondary N) is 1. The number of anilines is 1. The molecule has 10 heteroatoms. The van der Waals surface area contributed by atoms with E-state index in [1.165, 1.54) is 6.08 Å². The second-order valence-corrected chi connectivity index (χ2v) is 9.13. The monoisotopic (exact) mass is 572 g/mol. The lowest BCUT2D eigenvalue weighted by Gasteiger charge is -2.13. The minimum atomic E-state index is -0.562. The molecule has 0 bridgehead atoms. The summed E-state index contributed by atoms with van der Waals surface area (Å²) < 4.78 is 5.95. The summed E-state index contributed by atoms with van der Waals surface area (Å²) in [5, 5.41) is 12.7. The van der Waals surface area contributed by atoms with Gasteiger partial charge in [-0.1, -0.05) is 17.7 Å². The number of hydrogen-bond acceptors (Lipinski definition) is 6. The Morgan fingerprint density at radius 3 is 2.74 bits per heavy atom. The van der Waals surface area contributed by atoms with Crippen LogP contribution in [0.3, 0.4) is 0 Å². The number of thioether (sulfide) groups is 1. The van der Waals surface area contributed by atoms with Crippen LogP contribution in [0.25, 0.3) is 6.08 Å². The maximum Gasteiger partial charge on any atom is 0.294 e. The SMILES string of the molecule is CCOc1cc(/C=C2/SC(=O)N(CC(=O)Nc3ccc(C)c(Cl)c3)C2=O)cc(I)c1O. The summed E-state index contributed by atoms with van der Waals surface area (Å²) >= 11 is 8.76. The van der Waals surface area contributed by atoms with Crippen LogP contribution in [0.4, 0.5) is 10.5 Å². The van der Waals surface area contributed by atoms with Gasteiger partial charge in [-0.2, -0.15) is 0 Å². The standard InChI is InChI=1S/C21H18ClIN2O5S/c1-3-30-16-7-12(6-15(23)19(16)27)8-17-20(28)25(21(29)31-17)10-18(26)24-13-5-4-11(2)14(22)9-13/h4-9,27H,3,10H2,1-2H3,(H,24,26)/b17-8+. The van der Waals surface area contributed by atoms with E-state index in [-0.39, 0.29) is 16.4 Å². The fourth-order valence-corrected chi connectivity index (χ4v) is 4.39. The van der Waals surface area contributed by atoms with Crippen molar-refractivity contribution < 1.29 is 24.2 Å². The fourth-order valence-electron chi connectivity index (χ4n) is 2.75. The normalized spacial score (nSPS) is 15.0. The summed E-state index contributed by atoms with van der Waals surface area (Å²) in [6.07, 6.45) is 1.53. The van der Waals surface area contributed by atoms with E-state index in [2.05, 4.69) is 5.32 Å². The van der Waals surface area contributed by atoms with Crippen molar-refractivity contribution in [1.82, 2.24) is 4.90 Å². The Bertz CT molecular complexity index is 1110. The molecular weight excluding hydrogens is 555 g/mol. The molecule has 1 aliphatic rings. The fraction of sp³-hybridized carbons (Fsp3) is 0.190. The third kappa shape index (κ3) is 5.52. The molecule has 3 amide bonds. The van der Waals surface area contributed by atoms with Crippen molar-refractivity contribution in [1.29, 1.82) is 0 Å². The Labute approximate surface area is 201 Å². The Hall–Kier alpha value is -2.24. The summed E-state index contributed by atoms with van der Waals surface area (Å²) in [7, 11) is 0. The third-order valence-corrected chi connectivity index (χ3v) is 6.42. The van der Waals surface area contributed by atoms with Gasteiger partial charge in [0.25, 0.3) is 11.1 Å². The largest absolute Gasteiger partial charge is 0.504 e. The van der Waals surface area contributed by atoms with Gasteiger partial charge in [-0.05, 0) is 89.7 Å². The molecule has 0 aliphatic carbocycles. The van der Waals surface area contributed by atoms with Crippen molar-refractivity contribution in [2.45, 2.75) is 13.8 Å². The second kappa shape index (κ2) is 9.92. The minimum Gasteiger partial charge on any atom is -0.504 e. The number of imide groups is 1. The highest BCUT2D eigenvalue weighted by Crippen LogP contribution is 2.36. The van der Waals surface area contributed by atoms with E-state index in [0.717, 1.165) is 22.2 Å². The first kappa shape index (κ1) is 23.4. The molecule has 0 aromatic heterocycles. The Morgan fingerprint density at radius 1 is 1.32 bits per heavy atom. The quantitative estimate of drug-likeness (QED) is 0.372. The molecule has 0 spiro atoms. The minimum absolute atomic E-state index is 0.0144. The lowest BCUT2D eigenvalue weighted by Crippen LogP contribution is -2.36. The number of amides is 3. The van der Waals surface area contributed by atoms with Crippen molar-refractivity contribution in [2.24, 2.45) is 0 Å². The van der Waals surface area contributed by atoms with Crippen LogP contribution >= 0.6 is 46.0 Å². The Balaban J connectivity index is 1.74. The summed E-state index contributed by atoms with van der Waals surface area (Å²) in [5.74, 6) is -0.772. The Kier molecular flexibility index (Phi) is 7.50. The smallest absolute Gasteiger partial charge is 0.294 e. The highest BCUT2D eigenvalue weighted by molar-refractivity contribution is 14.1. The second-order valence-electron chi connectivity index (χ2n) is 6.56. The average Bonchev–Trinajstić information content (AvgIpc) is 2.96. The molecule has 2 aromatic carbocycles. The molecule has 2 N–H and O–H groups in total. The van der Waals surface area contributed by atoms with E-state index in [1.54, 1.807) is 37.3 Å². The number of rotatable bonds is 6. The molecule has 0 saturated carbocycles. The van der Waals surface area contributed by atoms with Crippen LogP contribution in [0.5, 0.6) is 11.5 Å². The van der Waals surface area contributed by atoms with Gasteiger partial charge >= 0.3 is 0 Å². The van der Waals surface area contributed by atoms with Crippen LogP contribution in [-0.2, 0) is 9.59 Å². The highest BCUT2D eigenvalue weighted by Gasteiger charge is 2.36. The maximum absolute atomic E-state index is 12.7. The van der Waals surface area contributed by atoms with Gasteiger partial charge in [-0.3, -0.25) is 19.3 Å². The van der Waals surface area contributed by atoms with E-state index in [4.69, 9.17) is 16.3 Å². The topological polar surface area (TPSA) is 95.9 Å². The van der Waals surface area contributed by atoms with Gasteiger partial charge in [0.1, 0.15) is 6.54 Å². The first-order valence-corrected chi connectivity index (χ1v) is 11.4. The number of ether oxygens (including phenoxy) is 1. The number of halogens is 2. The Morgan fingerprint density at radius 2 is 2.06 bits per heavy atom. The van der Waals surface area contributed by atoms with Crippen molar-refractivity contribution >= 4 is 74.8 Å². The summed E-state index contributed by atoms with van der Waals surface area (Å²) in [6.45, 7) is 3.59. The predicted molar refractivity (Wildman–Crippen MR) is 129 cm³/mol. The summed E-state index contributed by atoms with van der Waals surface area (Å²) in [5.41, 5.74) is 1.94. The zero-order chi connectivity index (χ0) is 22.7. The van der Waals surface area contributed by atoms with E-state index in [9.17, 15) is 19.5 Å². The van der Waals surface area contributed by atoms with Crippen molar-refractivity contribution in [3.8, 4) is 11.5 Å². The predicted octanol–water partition coefficient (Wildman–Crippen LogP) is 5.03. The van der Waals surface area contributed by atoms with Crippen molar-refractivity contribution in [3.05, 3.63) is 55.0 Å². The van der Waals surface area contributed by atoms with Gasteiger partial charge in [0, 0.05) is 10.7 Å². The van der Waals surface area contributed by atoms with Crippen LogP contribution in [0.2, 0.25) is 5.02 Å². The molecule has 0 radical (unpaired) electrons. The van der Waals surface area contributed by atoms with Gasteiger partial charge < -0.3 is 15.2 Å². The molecule has 2 aromatic rings. The lowest BCUT2D eigenvalue weighted by atomic mass is 10.2. The zero-order valence-electron chi connectivity index (χ0n) is 16.6. The van der Waals surface area contributed by atoms with Crippen molar-refractivity contribution in [3.63, 3.8) is 0 Å². The molecular formula is C21H18ClIN2O5S. The molecule has 1 fully saturated rings. The van der Waals surface area contributed by atoms with Crippen LogP contribution in [0.1, 0.15) is 18.1 Å². The van der Waals surface area contributed by atoms with Crippen LogP contribution < -0.4 is 10.1 Å². The van der Waals surface area contributed by atoms with Crippen molar-refractivity contribution in [2.75, 3.05) is 18.5 Å². The van der Waals surface area contributed by atoms with E-state index in [0.29, 0.717) is 26.5 Å². The molecule has 3 rings (SSSR count). The van der Waals surface area contributed by atoms with E-state index < -0.39 is 23.6 Å². The average molecular weight is 573 g/mol. The van der Waals surface area contributed by atoms with Gasteiger partial charge in [0.05, 0.1) is 15.1 Å². The number of nitrogens with zero attached hydrogens (tertiary/aromatic N) is 1. The number of carbonyl (C=O) groups is 3. The zero-order valence-corrected chi connectivity index (χ0v) is 20.3. The molecule has 31 heavy (non-hydrogen) atoms. The number of carbonyl (C=O) groups excluding carboxylic acids is 3. The van der Waals surface area contributed by atoms with Gasteiger partial charge in [-0.25, -0.2) is 0 Å². The van der Waals surface area contributed by atoms with E-state index in [1.807, 2.05) is 29.5 Å². The van der Waals surface area contributed by atoms with Gasteiger partial charge in [-0.15, -0.1) is 0 Å². The number of hydrogen-bond donors (Lipinski definition) is 2. The van der Waals surface area contributed by atoms with Crippen LogP contribution in [0, 0.1) is 10.5 Å². The number of benzene rings is 2. The molecule has 162 valence electrons. The molecule has 1 saturated heterocycles. The first-order chi connectivity index (χ1) is 14.7. The van der Waals surface area contributed by atoms with Crippen LogP contribution in [-0.4, -0.2) is 40.2 Å². The number of aromatic hydroxyl groups is 1. The van der Waals surface area contributed by atoms with Gasteiger partial charge in [0.2, 0.25) is 5.91 Å². The molecule has 0 unspecified atom stereocenters. The van der Waals surface area contributed by atoms with Crippen LogP contribution in [0.15, 0.2) is 35.2 Å². The number of aryl methyl sites for hydroxylation is 1. The van der Waals surface area contributed by atoms with Gasteiger partial charge in [0.15, 0.2) is 11.5 Å². The maximum atomic E-state index is 12.7. The van der Waals surface area contributed by atoms with E-state index >= 15 is 0 Å². The molecule has 7 nitrogen and oxygen atoms in total. The highest BCUT2D eigenvalue weighted by atomic mass is 127. The number of phenolic OH excluding ortho intramolecular Hbond substituents is 1. The number of phenols is 1. The third-order valence-electron chi connectivity index (χ3n) is 4.28. The summed E-state index contributed by atoms with van der Waals surface area (Å²) in [6, 6.07) is 8.31. The molecule has 1 heterocycles. The summed E-state index contributed by atoms with van der Waals surface area (Å²) in [4.78, 5) is 38.4. The molecule has 1 aliphatic heterocycles. The molecule has 0 atom stereocenters. The lowest BCUT2D eigenvalue weighted by molar-refractivity contribution is -0.127.